The fourth-order valence-corrected chi connectivity index (χ4v) is 3.99. The molecule has 0 bridgehead atoms. The molecule has 0 saturated carbocycles. The summed E-state index contributed by atoms with van der Waals surface area (Å²) in [4.78, 5) is 16.0. The van der Waals surface area contributed by atoms with Crippen molar-refractivity contribution in [3.63, 3.8) is 0 Å². The zero-order chi connectivity index (χ0) is 14.8. The van der Waals surface area contributed by atoms with Crippen molar-refractivity contribution in [2.45, 2.75) is 35.6 Å². The predicted octanol–water partition coefficient (Wildman–Crippen LogP) is 4.06. The van der Waals surface area contributed by atoms with Gasteiger partial charge in [0.25, 0.3) is 5.56 Å². The van der Waals surface area contributed by atoms with E-state index < -0.39 is 0 Å². The van der Waals surface area contributed by atoms with Crippen LogP contribution in [-0.2, 0) is 12.8 Å². The molecule has 2 N–H and O–H groups in total. The fourth-order valence-electron chi connectivity index (χ4n) is 2.71. The summed E-state index contributed by atoms with van der Waals surface area (Å²) in [5, 5.41) is 9.03. The lowest BCUT2D eigenvalue weighted by atomic mass is 9.90. The molecule has 0 saturated heterocycles. The second kappa shape index (κ2) is 6.08. The molecule has 0 aliphatic heterocycles. The lowest BCUT2D eigenvalue weighted by molar-refractivity contribution is 0.664. The van der Waals surface area contributed by atoms with Crippen molar-refractivity contribution >= 4 is 29.6 Å². The smallest absolute Gasteiger partial charge is 0.257 e. The van der Waals surface area contributed by atoms with Crippen LogP contribution in [0.1, 0.15) is 29.5 Å². The Bertz CT molecular complexity index is 754. The summed E-state index contributed by atoms with van der Waals surface area (Å²) < 4.78 is 0. The minimum atomic E-state index is -0.180. The number of aromatic amines is 1. The average Bonchev–Trinajstić information content (AvgIpc) is 2.50. The van der Waals surface area contributed by atoms with Crippen molar-refractivity contribution < 1.29 is 0 Å². The Balaban J connectivity index is 2.11. The van der Waals surface area contributed by atoms with E-state index in [0.29, 0.717) is 10.6 Å². The second-order valence-corrected chi connectivity index (χ2v) is 6.50. The van der Waals surface area contributed by atoms with Gasteiger partial charge in [0, 0.05) is 11.1 Å². The molecule has 0 spiro atoms. The Morgan fingerprint density at radius 1 is 1.19 bits per heavy atom. The zero-order valence-electron chi connectivity index (χ0n) is 11.4. The first-order valence-corrected chi connectivity index (χ1v) is 8.11. The van der Waals surface area contributed by atoms with Gasteiger partial charge in [-0.25, -0.2) is 0 Å². The van der Waals surface area contributed by atoms with Gasteiger partial charge in [0.15, 0.2) is 0 Å². The molecule has 0 radical (unpaired) electrons. The standard InChI is InChI=1S/C16H15ClN2OS/c17-13-7-3-4-8-14(13)21-16-11-6-2-1-5-10(11)12(9-18)15(20)19-16/h3-4,7-9,18H,1-2,5-6H2,(H,19,20). The molecule has 1 aliphatic rings. The molecule has 108 valence electrons. The highest BCUT2D eigenvalue weighted by Gasteiger charge is 2.20. The van der Waals surface area contributed by atoms with Crippen molar-refractivity contribution in [1.82, 2.24) is 4.98 Å². The zero-order valence-corrected chi connectivity index (χ0v) is 13.0. The maximum Gasteiger partial charge on any atom is 0.257 e. The highest BCUT2D eigenvalue weighted by atomic mass is 35.5. The van der Waals surface area contributed by atoms with E-state index in [1.807, 2.05) is 24.3 Å². The highest BCUT2D eigenvalue weighted by Crippen LogP contribution is 2.36. The van der Waals surface area contributed by atoms with Crippen molar-refractivity contribution in [3.8, 4) is 0 Å². The van der Waals surface area contributed by atoms with Crippen molar-refractivity contribution in [3.05, 3.63) is 56.3 Å². The Hall–Kier alpha value is -1.52. The van der Waals surface area contributed by atoms with Gasteiger partial charge in [-0.1, -0.05) is 35.5 Å². The van der Waals surface area contributed by atoms with Gasteiger partial charge in [0.05, 0.1) is 15.6 Å². The van der Waals surface area contributed by atoms with Crippen LogP contribution in [0, 0.1) is 5.41 Å². The summed E-state index contributed by atoms with van der Waals surface area (Å²) in [5.74, 6) is 0. The van der Waals surface area contributed by atoms with Gasteiger partial charge in [0.2, 0.25) is 0 Å². The van der Waals surface area contributed by atoms with Gasteiger partial charge >= 0.3 is 0 Å². The molecule has 0 atom stereocenters. The number of pyridine rings is 1. The van der Waals surface area contributed by atoms with Crippen LogP contribution in [-0.4, -0.2) is 11.2 Å². The predicted molar refractivity (Wildman–Crippen MR) is 87.2 cm³/mol. The summed E-state index contributed by atoms with van der Waals surface area (Å²) in [6.07, 6.45) is 5.19. The maximum absolute atomic E-state index is 12.2. The molecule has 21 heavy (non-hydrogen) atoms. The second-order valence-electron chi connectivity index (χ2n) is 5.04. The summed E-state index contributed by atoms with van der Waals surface area (Å²) in [5.41, 5.74) is 2.53. The number of nitrogens with one attached hydrogen (secondary N) is 2. The van der Waals surface area contributed by atoms with E-state index in [-0.39, 0.29) is 5.56 Å². The van der Waals surface area contributed by atoms with E-state index in [1.54, 1.807) is 0 Å². The van der Waals surface area contributed by atoms with Crippen LogP contribution in [0.4, 0.5) is 0 Å². The van der Waals surface area contributed by atoms with Crippen molar-refractivity contribution in [1.29, 1.82) is 5.41 Å². The Morgan fingerprint density at radius 2 is 1.90 bits per heavy atom. The summed E-state index contributed by atoms with van der Waals surface area (Å²) in [6, 6.07) is 7.62. The molecule has 0 unspecified atom stereocenters. The minimum absolute atomic E-state index is 0.180. The third-order valence-corrected chi connectivity index (χ3v) is 5.30. The van der Waals surface area contributed by atoms with Gasteiger partial charge in [-0.05, 0) is 48.9 Å². The largest absolute Gasteiger partial charge is 0.316 e. The molecule has 1 heterocycles. The monoisotopic (exact) mass is 318 g/mol. The number of rotatable bonds is 3. The van der Waals surface area contributed by atoms with Gasteiger partial charge in [-0.2, -0.15) is 0 Å². The number of H-pyrrole nitrogens is 1. The van der Waals surface area contributed by atoms with E-state index in [4.69, 9.17) is 17.0 Å². The lowest BCUT2D eigenvalue weighted by Crippen LogP contribution is -2.21. The molecule has 1 aliphatic carbocycles. The minimum Gasteiger partial charge on any atom is -0.316 e. The van der Waals surface area contributed by atoms with Crippen LogP contribution in [0.15, 0.2) is 39.0 Å². The molecule has 1 aromatic carbocycles. The average molecular weight is 319 g/mol. The Morgan fingerprint density at radius 3 is 2.62 bits per heavy atom. The summed E-state index contributed by atoms with van der Waals surface area (Å²) >= 11 is 7.71. The molecule has 2 aromatic rings. The quantitative estimate of drug-likeness (QED) is 0.839. The first-order valence-electron chi connectivity index (χ1n) is 6.91. The van der Waals surface area contributed by atoms with Gasteiger partial charge in [0.1, 0.15) is 0 Å². The SMILES string of the molecule is N=Cc1c2c(c(Sc3ccccc3Cl)[nH]c1=O)CCCC2. The summed E-state index contributed by atoms with van der Waals surface area (Å²) in [6.45, 7) is 0. The molecule has 1 aromatic heterocycles. The first kappa shape index (κ1) is 14.4. The maximum atomic E-state index is 12.2. The van der Waals surface area contributed by atoms with Crippen LogP contribution < -0.4 is 5.56 Å². The summed E-state index contributed by atoms with van der Waals surface area (Å²) in [7, 11) is 0. The van der Waals surface area contributed by atoms with Gasteiger partial charge in [-0.3, -0.25) is 4.79 Å². The van der Waals surface area contributed by atoms with E-state index in [2.05, 4.69) is 4.98 Å². The van der Waals surface area contributed by atoms with Crippen LogP contribution in [0.25, 0.3) is 0 Å². The van der Waals surface area contributed by atoms with Crippen molar-refractivity contribution in [2.75, 3.05) is 0 Å². The van der Waals surface area contributed by atoms with E-state index in [1.165, 1.54) is 23.5 Å². The Kier molecular flexibility index (Phi) is 4.17. The molecular formula is C16H15ClN2OS. The Labute approximate surface area is 132 Å². The van der Waals surface area contributed by atoms with Crippen LogP contribution >= 0.6 is 23.4 Å². The van der Waals surface area contributed by atoms with E-state index >= 15 is 0 Å². The van der Waals surface area contributed by atoms with Crippen molar-refractivity contribution in [2.24, 2.45) is 0 Å². The topological polar surface area (TPSA) is 56.7 Å². The van der Waals surface area contributed by atoms with E-state index in [0.717, 1.165) is 41.2 Å². The number of hydrogen-bond donors (Lipinski definition) is 2. The van der Waals surface area contributed by atoms with Gasteiger partial charge < -0.3 is 10.4 Å². The fraction of sp³-hybridized carbons (Fsp3) is 0.250. The highest BCUT2D eigenvalue weighted by molar-refractivity contribution is 7.99. The molecular weight excluding hydrogens is 304 g/mol. The normalized spacial score (nSPS) is 13.8. The number of halogens is 1. The molecule has 0 fully saturated rings. The number of fused-ring (bicyclic) bond motifs is 1. The number of benzene rings is 1. The van der Waals surface area contributed by atoms with Crippen LogP contribution in [0.2, 0.25) is 5.02 Å². The molecule has 3 rings (SSSR count). The molecule has 5 heteroatoms. The molecule has 0 amide bonds. The number of hydrogen-bond acceptors (Lipinski definition) is 3. The third-order valence-electron chi connectivity index (χ3n) is 3.73. The van der Waals surface area contributed by atoms with E-state index in [9.17, 15) is 4.79 Å². The molecule has 3 nitrogen and oxygen atoms in total. The first-order chi connectivity index (χ1) is 10.2. The third kappa shape index (κ3) is 2.78. The van der Waals surface area contributed by atoms with Crippen LogP contribution in [0.5, 0.6) is 0 Å². The number of aromatic nitrogens is 1. The lowest BCUT2D eigenvalue weighted by Gasteiger charge is -2.20. The van der Waals surface area contributed by atoms with Crippen LogP contribution in [0.3, 0.4) is 0 Å². The van der Waals surface area contributed by atoms with Gasteiger partial charge in [-0.15, -0.1) is 0 Å².